The highest BCUT2D eigenvalue weighted by atomic mass is 32.2. The molecule has 0 unspecified atom stereocenters. The monoisotopic (exact) mass is 416 g/mol. The second-order valence-electron chi connectivity index (χ2n) is 7.10. The summed E-state index contributed by atoms with van der Waals surface area (Å²) in [5.74, 6) is -1.61. The number of anilines is 1. The standard InChI is InChI=1S/C21H21FN2O4S/c1-13(2)15-4-6-16(7-5-15)20-14(3)21(26)24(29(20,27)28)12-19(25)23-18-10-8-17(22)9-11-18/h4-11,13H,12H2,1-3H3,(H,23,25). The first-order valence-electron chi connectivity index (χ1n) is 9.05. The first-order valence-corrected chi connectivity index (χ1v) is 10.5. The third-order valence-electron chi connectivity index (χ3n) is 4.69. The lowest BCUT2D eigenvalue weighted by molar-refractivity contribution is -0.126. The van der Waals surface area contributed by atoms with Gasteiger partial charge in [-0.1, -0.05) is 38.1 Å². The van der Waals surface area contributed by atoms with Crippen LogP contribution in [0.25, 0.3) is 4.91 Å². The summed E-state index contributed by atoms with van der Waals surface area (Å²) in [4.78, 5) is 24.8. The van der Waals surface area contributed by atoms with Gasteiger partial charge in [-0.05, 0) is 48.2 Å². The summed E-state index contributed by atoms with van der Waals surface area (Å²) in [5, 5.41) is 2.46. The maximum Gasteiger partial charge on any atom is 0.268 e. The largest absolute Gasteiger partial charge is 0.325 e. The van der Waals surface area contributed by atoms with E-state index in [2.05, 4.69) is 5.32 Å². The zero-order valence-electron chi connectivity index (χ0n) is 16.3. The molecule has 0 fully saturated rings. The Morgan fingerprint density at radius 3 is 2.21 bits per heavy atom. The predicted molar refractivity (Wildman–Crippen MR) is 109 cm³/mol. The number of rotatable bonds is 5. The maximum atomic E-state index is 13.0. The van der Waals surface area contributed by atoms with E-state index in [0.717, 1.165) is 17.7 Å². The second-order valence-corrected chi connectivity index (χ2v) is 8.90. The third-order valence-corrected chi connectivity index (χ3v) is 6.62. The first-order chi connectivity index (χ1) is 13.6. The zero-order valence-corrected chi connectivity index (χ0v) is 17.1. The maximum absolute atomic E-state index is 13.0. The molecule has 0 saturated carbocycles. The lowest BCUT2D eigenvalue weighted by atomic mass is 10.0. The van der Waals surface area contributed by atoms with Crippen molar-refractivity contribution in [1.82, 2.24) is 4.31 Å². The van der Waals surface area contributed by atoms with E-state index in [9.17, 15) is 22.4 Å². The Morgan fingerprint density at radius 1 is 1.07 bits per heavy atom. The molecule has 2 aromatic carbocycles. The van der Waals surface area contributed by atoms with E-state index in [1.165, 1.54) is 19.1 Å². The summed E-state index contributed by atoms with van der Waals surface area (Å²) in [6.45, 7) is 4.82. The Bertz CT molecular complexity index is 1090. The normalized spacial score (nSPS) is 15.9. The van der Waals surface area contributed by atoms with Crippen molar-refractivity contribution in [2.75, 3.05) is 11.9 Å². The van der Waals surface area contributed by atoms with Gasteiger partial charge in [0.1, 0.15) is 17.3 Å². The summed E-state index contributed by atoms with van der Waals surface area (Å²) in [7, 11) is -4.16. The molecule has 2 amide bonds. The number of nitrogens with zero attached hydrogens (tertiary/aromatic N) is 1. The number of carbonyl (C=O) groups excluding carboxylic acids is 2. The smallest absolute Gasteiger partial charge is 0.268 e. The molecular formula is C21H21FN2O4S. The van der Waals surface area contributed by atoms with Crippen LogP contribution in [0.2, 0.25) is 0 Å². The van der Waals surface area contributed by atoms with Crippen molar-refractivity contribution in [3.8, 4) is 0 Å². The van der Waals surface area contributed by atoms with Crippen LogP contribution in [0, 0.1) is 5.82 Å². The van der Waals surface area contributed by atoms with Gasteiger partial charge < -0.3 is 5.32 Å². The average molecular weight is 416 g/mol. The molecule has 0 aliphatic carbocycles. The van der Waals surface area contributed by atoms with Crippen LogP contribution in [-0.4, -0.2) is 31.1 Å². The molecule has 0 radical (unpaired) electrons. The molecule has 3 rings (SSSR count). The van der Waals surface area contributed by atoms with Gasteiger partial charge in [0.05, 0.1) is 0 Å². The number of nitrogens with one attached hydrogen (secondary N) is 1. The molecule has 8 heteroatoms. The molecule has 1 heterocycles. The molecule has 29 heavy (non-hydrogen) atoms. The molecule has 152 valence electrons. The van der Waals surface area contributed by atoms with Gasteiger partial charge in [0.15, 0.2) is 0 Å². The number of hydrogen-bond acceptors (Lipinski definition) is 4. The zero-order chi connectivity index (χ0) is 21.3. The van der Waals surface area contributed by atoms with Crippen molar-refractivity contribution in [3.63, 3.8) is 0 Å². The molecule has 0 spiro atoms. The quantitative estimate of drug-likeness (QED) is 0.809. The van der Waals surface area contributed by atoms with Crippen LogP contribution in [-0.2, 0) is 19.6 Å². The SMILES string of the molecule is CC1=C(c2ccc(C(C)C)cc2)S(=O)(=O)N(CC(=O)Nc2ccc(F)cc2)C1=O. The summed E-state index contributed by atoms with van der Waals surface area (Å²) in [6.07, 6.45) is 0. The van der Waals surface area contributed by atoms with Crippen molar-refractivity contribution >= 4 is 32.4 Å². The van der Waals surface area contributed by atoms with Crippen molar-refractivity contribution in [1.29, 1.82) is 0 Å². The molecular weight excluding hydrogens is 395 g/mol. The van der Waals surface area contributed by atoms with E-state index in [1.807, 2.05) is 26.0 Å². The minimum absolute atomic E-state index is 0.0666. The number of benzene rings is 2. The van der Waals surface area contributed by atoms with Gasteiger partial charge in [-0.25, -0.2) is 17.1 Å². The second kappa shape index (κ2) is 7.79. The molecule has 1 aliphatic rings. The van der Waals surface area contributed by atoms with E-state index < -0.39 is 34.2 Å². The van der Waals surface area contributed by atoms with E-state index in [0.29, 0.717) is 15.6 Å². The number of carbonyl (C=O) groups is 2. The summed E-state index contributed by atoms with van der Waals surface area (Å²) in [5.41, 5.74) is 1.82. The fourth-order valence-corrected chi connectivity index (χ4v) is 4.87. The van der Waals surface area contributed by atoms with Gasteiger partial charge >= 0.3 is 0 Å². The lowest BCUT2D eigenvalue weighted by Gasteiger charge is -2.16. The highest BCUT2D eigenvalue weighted by Crippen LogP contribution is 2.35. The lowest BCUT2D eigenvalue weighted by Crippen LogP contribution is -2.38. The van der Waals surface area contributed by atoms with Crippen LogP contribution in [0.4, 0.5) is 10.1 Å². The Balaban J connectivity index is 1.83. The van der Waals surface area contributed by atoms with Gasteiger partial charge in [0, 0.05) is 11.3 Å². The van der Waals surface area contributed by atoms with Crippen LogP contribution >= 0.6 is 0 Å². The highest BCUT2D eigenvalue weighted by molar-refractivity contribution is 7.99. The van der Waals surface area contributed by atoms with Crippen LogP contribution in [0.1, 0.15) is 37.8 Å². The number of amides is 2. The van der Waals surface area contributed by atoms with E-state index >= 15 is 0 Å². The van der Waals surface area contributed by atoms with Crippen LogP contribution in [0.5, 0.6) is 0 Å². The van der Waals surface area contributed by atoms with Gasteiger partial charge in [0.25, 0.3) is 15.9 Å². The van der Waals surface area contributed by atoms with Crippen LogP contribution in [0.3, 0.4) is 0 Å². The van der Waals surface area contributed by atoms with Crippen molar-refractivity contribution in [2.45, 2.75) is 26.7 Å². The fraction of sp³-hybridized carbons (Fsp3) is 0.238. The Labute approximate surface area is 169 Å². The topological polar surface area (TPSA) is 83.6 Å². The summed E-state index contributed by atoms with van der Waals surface area (Å²) in [6, 6.07) is 12.0. The summed E-state index contributed by atoms with van der Waals surface area (Å²) >= 11 is 0. The molecule has 0 atom stereocenters. The number of sulfonamides is 1. The molecule has 0 bridgehead atoms. The van der Waals surface area contributed by atoms with Gasteiger partial charge in [-0.15, -0.1) is 0 Å². The van der Waals surface area contributed by atoms with Gasteiger partial charge in [-0.2, -0.15) is 0 Å². The molecule has 1 aliphatic heterocycles. The van der Waals surface area contributed by atoms with Crippen molar-refractivity contribution < 1.29 is 22.4 Å². The van der Waals surface area contributed by atoms with Crippen LogP contribution in [0.15, 0.2) is 54.1 Å². The Morgan fingerprint density at radius 2 is 1.66 bits per heavy atom. The number of hydrogen-bond donors (Lipinski definition) is 1. The van der Waals surface area contributed by atoms with Crippen LogP contribution < -0.4 is 5.32 Å². The summed E-state index contributed by atoms with van der Waals surface area (Å²) < 4.78 is 39.5. The molecule has 0 aromatic heterocycles. The average Bonchev–Trinajstić information content (AvgIpc) is 2.83. The Hall–Kier alpha value is -3.00. The highest BCUT2D eigenvalue weighted by Gasteiger charge is 2.43. The minimum Gasteiger partial charge on any atom is -0.325 e. The molecule has 6 nitrogen and oxygen atoms in total. The van der Waals surface area contributed by atoms with Crippen molar-refractivity contribution in [3.05, 3.63) is 71.0 Å². The molecule has 2 aromatic rings. The van der Waals surface area contributed by atoms with Gasteiger partial charge in [0.2, 0.25) is 5.91 Å². The minimum atomic E-state index is -4.16. The van der Waals surface area contributed by atoms with E-state index in [4.69, 9.17) is 0 Å². The molecule has 0 saturated heterocycles. The van der Waals surface area contributed by atoms with Crippen molar-refractivity contribution in [2.24, 2.45) is 0 Å². The van der Waals surface area contributed by atoms with E-state index in [-0.39, 0.29) is 16.4 Å². The molecule has 1 N–H and O–H groups in total. The van der Waals surface area contributed by atoms with Gasteiger partial charge in [-0.3, -0.25) is 9.59 Å². The Kier molecular flexibility index (Phi) is 5.57. The number of halogens is 1. The van der Waals surface area contributed by atoms with E-state index in [1.54, 1.807) is 12.1 Å². The first kappa shape index (κ1) is 20.7. The third kappa shape index (κ3) is 4.07. The predicted octanol–water partition coefficient (Wildman–Crippen LogP) is 3.49. The fourth-order valence-electron chi connectivity index (χ4n) is 3.10.